The van der Waals surface area contributed by atoms with Crippen LogP contribution >= 0.6 is 24.0 Å². The van der Waals surface area contributed by atoms with E-state index < -0.39 is 17.7 Å². The Hall–Kier alpha value is -0.250. The third-order valence-corrected chi connectivity index (χ3v) is 5.21. The average molecular weight is 463 g/mol. The molecule has 0 aromatic carbocycles. The highest BCUT2D eigenvalue weighted by atomic mass is 127. The summed E-state index contributed by atoms with van der Waals surface area (Å²) in [6, 6.07) is 0. The van der Waals surface area contributed by atoms with Crippen molar-refractivity contribution in [1.82, 2.24) is 10.6 Å². The van der Waals surface area contributed by atoms with Crippen LogP contribution in [0.5, 0.6) is 0 Å². The molecule has 2 saturated carbocycles. The van der Waals surface area contributed by atoms with Crippen molar-refractivity contribution in [2.45, 2.75) is 63.1 Å². The molecule has 2 aliphatic carbocycles. The Morgan fingerprint density at radius 1 is 1.12 bits per heavy atom. The van der Waals surface area contributed by atoms with Gasteiger partial charge in [-0.3, -0.25) is 4.99 Å². The largest absolute Gasteiger partial charge is 0.391 e. The highest BCUT2D eigenvalue weighted by Crippen LogP contribution is 2.39. The molecule has 0 saturated heterocycles. The number of alkyl halides is 3. The van der Waals surface area contributed by atoms with Gasteiger partial charge in [0.05, 0.1) is 11.5 Å². The minimum absolute atomic E-state index is 0. The highest BCUT2D eigenvalue weighted by Gasteiger charge is 2.41. The van der Waals surface area contributed by atoms with Gasteiger partial charge in [-0.15, -0.1) is 24.0 Å². The van der Waals surface area contributed by atoms with Crippen molar-refractivity contribution in [2.24, 2.45) is 16.8 Å². The number of aliphatic imine (C=N–C) groups is 1. The SMILES string of the molecule is CN=C(NCC1CCC(C(F)(F)F)CC1)NCC1(O)CCCC1.I. The van der Waals surface area contributed by atoms with E-state index >= 15 is 0 Å². The van der Waals surface area contributed by atoms with Gasteiger partial charge in [0.1, 0.15) is 0 Å². The van der Waals surface area contributed by atoms with Crippen LogP contribution in [0.1, 0.15) is 51.4 Å². The maximum Gasteiger partial charge on any atom is 0.391 e. The van der Waals surface area contributed by atoms with Crippen LogP contribution < -0.4 is 10.6 Å². The smallest absolute Gasteiger partial charge is 0.388 e. The van der Waals surface area contributed by atoms with E-state index in [9.17, 15) is 18.3 Å². The molecule has 142 valence electrons. The Bertz CT molecular complexity index is 404. The second kappa shape index (κ2) is 9.45. The molecule has 0 aliphatic heterocycles. The van der Waals surface area contributed by atoms with Crippen molar-refractivity contribution in [3.05, 3.63) is 0 Å². The predicted molar refractivity (Wildman–Crippen MR) is 99.7 cm³/mol. The second-order valence-electron chi connectivity index (χ2n) is 7.00. The fourth-order valence-corrected chi connectivity index (χ4v) is 3.61. The third kappa shape index (κ3) is 6.57. The summed E-state index contributed by atoms with van der Waals surface area (Å²) in [5.41, 5.74) is -0.650. The average Bonchev–Trinajstić information content (AvgIpc) is 2.94. The Labute approximate surface area is 159 Å². The molecule has 0 unspecified atom stereocenters. The van der Waals surface area contributed by atoms with E-state index in [0.29, 0.717) is 31.9 Å². The Kier molecular flexibility index (Phi) is 8.58. The van der Waals surface area contributed by atoms with Crippen LogP contribution in [0, 0.1) is 11.8 Å². The molecular formula is C16H29F3IN3O. The van der Waals surface area contributed by atoms with E-state index in [1.165, 1.54) is 0 Å². The molecule has 0 spiro atoms. The van der Waals surface area contributed by atoms with Crippen molar-refractivity contribution in [1.29, 1.82) is 0 Å². The lowest BCUT2D eigenvalue weighted by Crippen LogP contribution is -2.47. The van der Waals surface area contributed by atoms with Crippen LogP contribution in [-0.2, 0) is 0 Å². The summed E-state index contributed by atoms with van der Waals surface area (Å²) < 4.78 is 38.0. The van der Waals surface area contributed by atoms with Crippen LogP contribution in [0.25, 0.3) is 0 Å². The predicted octanol–water partition coefficient (Wildman–Crippen LogP) is 3.44. The molecule has 8 heteroatoms. The zero-order valence-electron chi connectivity index (χ0n) is 14.2. The summed E-state index contributed by atoms with van der Waals surface area (Å²) in [5.74, 6) is -0.266. The molecule has 0 atom stereocenters. The van der Waals surface area contributed by atoms with Crippen molar-refractivity contribution in [3.63, 3.8) is 0 Å². The van der Waals surface area contributed by atoms with Gasteiger partial charge < -0.3 is 15.7 Å². The van der Waals surface area contributed by atoms with Gasteiger partial charge in [-0.2, -0.15) is 13.2 Å². The molecule has 2 fully saturated rings. The minimum Gasteiger partial charge on any atom is -0.388 e. The first kappa shape index (κ1) is 21.8. The van der Waals surface area contributed by atoms with Crippen molar-refractivity contribution in [3.8, 4) is 0 Å². The summed E-state index contributed by atoms with van der Waals surface area (Å²) in [5, 5.41) is 16.6. The Morgan fingerprint density at radius 2 is 1.71 bits per heavy atom. The van der Waals surface area contributed by atoms with Gasteiger partial charge in [0, 0.05) is 20.1 Å². The highest BCUT2D eigenvalue weighted by molar-refractivity contribution is 14.0. The fraction of sp³-hybridized carbons (Fsp3) is 0.938. The van der Waals surface area contributed by atoms with Gasteiger partial charge in [-0.1, -0.05) is 12.8 Å². The van der Waals surface area contributed by atoms with Crippen LogP contribution in [0.2, 0.25) is 0 Å². The molecule has 0 aromatic heterocycles. The van der Waals surface area contributed by atoms with Gasteiger partial charge in [-0.05, 0) is 44.4 Å². The van der Waals surface area contributed by atoms with E-state index in [2.05, 4.69) is 15.6 Å². The van der Waals surface area contributed by atoms with Crippen molar-refractivity contribution >= 4 is 29.9 Å². The van der Waals surface area contributed by atoms with Crippen LogP contribution in [0.4, 0.5) is 13.2 Å². The van der Waals surface area contributed by atoms with E-state index in [1.54, 1.807) is 7.05 Å². The van der Waals surface area contributed by atoms with E-state index in [1.807, 2.05) is 0 Å². The number of guanidine groups is 1. The monoisotopic (exact) mass is 463 g/mol. The Balaban J connectivity index is 0.00000288. The molecule has 0 bridgehead atoms. The number of hydrogen-bond donors (Lipinski definition) is 3. The van der Waals surface area contributed by atoms with Gasteiger partial charge in [0.2, 0.25) is 0 Å². The lowest BCUT2D eigenvalue weighted by molar-refractivity contribution is -0.183. The standard InChI is InChI=1S/C16H28F3N3O.HI/c1-20-14(22-11-15(23)8-2-3-9-15)21-10-12-4-6-13(7-5-12)16(17,18)19;/h12-13,23H,2-11H2,1H3,(H2,20,21,22);1H. The first-order chi connectivity index (χ1) is 10.8. The molecule has 2 rings (SSSR count). The van der Waals surface area contributed by atoms with Crippen molar-refractivity contribution in [2.75, 3.05) is 20.1 Å². The second-order valence-corrected chi connectivity index (χ2v) is 7.00. The number of rotatable bonds is 4. The maximum absolute atomic E-state index is 12.7. The maximum atomic E-state index is 12.7. The first-order valence-corrected chi connectivity index (χ1v) is 8.56. The number of halogens is 4. The van der Waals surface area contributed by atoms with Gasteiger partial charge in [0.25, 0.3) is 0 Å². The van der Waals surface area contributed by atoms with E-state index in [4.69, 9.17) is 0 Å². The van der Waals surface area contributed by atoms with Crippen LogP contribution in [0.3, 0.4) is 0 Å². The quantitative estimate of drug-likeness (QED) is 0.340. The molecule has 3 N–H and O–H groups in total. The molecule has 2 aliphatic rings. The summed E-state index contributed by atoms with van der Waals surface area (Å²) in [6.45, 7) is 1.09. The zero-order chi connectivity index (χ0) is 16.9. The topological polar surface area (TPSA) is 56.7 Å². The third-order valence-electron chi connectivity index (χ3n) is 5.21. The Morgan fingerprint density at radius 3 is 2.21 bits per heavy atom. The molecule has 0 aromatic rings. The fourth-order valence-electron chi connectivity index (χ4n) is 3.61. The number of hydrogen-bond acceptors (Lipinski definition) is 2. The molecule has 4 nitrogen and oxygen atoms in total. The summed E-state index contributed by atoms with van der Waals surface area (Å²) in [6.07, 6.45) is 1.29. The number of aliphatic hydroxyl groups is 1. The lowest BCUT2D eigenvalue weighted by Gasteiger charge is -2.30. The zero-order valence-corrected chi connectivity index (χ0v) is 16.5. The van der Waals surface area contributed by atoms with E-state index in [-0.39, 0.29) is 42.7 Å². The molecule has 0 heterocycles. The molecule has 0 amide bonds. The number of nitrogens with zero attached hydrogens (tertiary/aromatic N) is 1. The molecule has 24 heavy (non-hydrogen) atoms. The lowest BCUT2D eigenvalue weighted by atomic mass is 9.81. The minimum atomic E-state index is -4.05. The first-order valence-electron chi connectivity index (χ1n) is 8.56. The van der Waals surface area contributed by atoms with Gasteiger partial charge in [0.15, 0.2) is 5.96 Å². The van der Waals surface area contributed by atoms with Gasteiger partial charge in [-0.25, -0.2) is 0 Å². The summed E-state index contributed by atoms with van der Waals surface area (Å²) >= 11 is 0. The van der Waals surface area contributed by atoms with Crippen molar-refractivity contribution < 1.29 is 18.3 Å². The summed E-state index contributed by atoms with van der Waals surface area (Å²) in [4.78, 5) is 4.12. The molecule has 0 radical (unpaired) electrons. The van der Waals surface area contributed by atoms with Crippen LogP contribution in [-0.4, -0.2) is 43.0 Å². The van der Waals surface area contributed by atoms with E-state index in [0.717, 1.165) is 25.7 Å². The van der Waals surface area contributed by atoms with Gasteiger partial charge >= 0.3 is 6.18 Å². The van der Waals surface area contributed by atoms with Crippen LogP contribution in [0.15, 0.2) is 4.99 Å². The molecular weight excluding hydrogens is 434 g/mol. The number of nitrogens with one attached hydrogen (secondary N) is 2. The summed E-state index contributed by atoms with van der Waals surface area (Å²) in [7, 11) is 1.66. The normalized spacial score (nSPS) is 27.5.